The summed E-state index contributed by atoms with van der Waals surface area (Å²) in [6.07, 6.45) is 4.17. The lowest BCUT2D eigenvalue weighted by Gasteiger charge is -2.24. The van der Waals surface area contributed by atoms with Crippen molar-refractivity contribution >= 4 is 34.3 Å². The second-order valence-electron chi connectivity index (χ2n) is 8.57. The summed E-state index contributed by atoms with van der Waals surface area (Å²) in [6, 6.07) is 9.93. The third-order valence-corrected chi connectivity index (χ3v) is 6.19. The van der Waals surface area contributed by atoms with Crippen LogP contribution in [0.1, 0.15) is 28.9 Å². The van der Waals surface area contributed by atoms with E-state index in [0.29, 0.717) is 42.9 Å². The summed E-state index contributed by atoms with van der Waals surface area (Å²) in [5.74, 6) is -0.163. The van der Waals surface area contributed by atoms with Crippen molar-refractivity contribution in [1.82, 2.24) is 9.55 Å². The van der Waals surface area contributed by atoms with E-state index in [1.807, 2.05) is 30.3 Å². The predicted octanol–water partition coefficient (Wildman–Crippen LogP) is 3.25. The molecule has 0 bridgehead atoms. The second-order valence-corrected chi connectivity index (χ2v) is 8.57. The van der Waals surface area contributed by atoms with E-state index in [1.54, 1.807) is 17.9 Å². The highest BCUT2D eigenvalue weighted by Gasteiger charge is 2.26. The number of amides is 1. The van der Waals surface area contributed by atoms with E-state index in [2.05, 4.69) is 10.6 Å². The van der Waals surface area contributed by atoms with Crippen molar-refractivity contribution < 1.29 is 28.5 Å². The maximum absolute atomic E-state index is 13.0. The summed E-state index contributed by atoms with van der Waals surface area (Å²) in [4.78, 5) is 30.2. The topological polar surface area (TPSA) is 113 Å². The Bertz CT molecular complexity index is 1200. The number of fused-ring (bicyclic) bond motifs is 1. The molecule has 10 heteroatoms. The molecule has 0 aliphatic carbocycles. The minimum atomic E-state index is -0.561. The van der Waals surface area contributed by atoms with Gasteiger partial charge in [0.1, 0.15) is 18.0 Å². The van der Waals surface area contributed by atoms with Crippen molar-refractivity contribution in [3.63, 3.8) is 0 Å². The number of carbonyl (C=O) groups is 2. The first-order valence-electron chi connectivity index (χ1n) is 11.9. The molecule has 0 saturated carbocycles. The first-order valence-corrected chi connectivity index (χ1v) is 11.9. The SMILES string of the molecule is COCC(=O)Nc1c(C(=O)OC)n(CCc2ccc(OC)cc2)c2ncc(NC3CCOCC3)cc12. The Morgan fingerprint density at radius 1 is 1.14 bits per heavy atom. The normalized spacial score (nSPS) is 14.0. The van der Waals surface area contributed by atoms with Gasteiger partial charge in [-0.3, -0.25) is 4.79 Å². The number of ether oxygens (including phenoxy) is 4. The van der Waals surface area contributed by atoms with Crippen molar-refractivity contribution in [3.05, 3.63) is 47.8 Å². The molecule has 192 valence electrons. The highest BCUT2D eigenvalue weighted by atomic mass is 16.5. The Morgan fingerprint density at radius 2 is 1.89 bits per heavy atom. The molecule has 1 aliphatic heterocycles. The molecule has 0 atom stereocenters. The Morgan fingerprint density at radius 3 is 2.56 bits per heavy atom. The van der Waals surface area contributed by atoms with Gasteiger partial charge in [-0.15, -0.1) is 0 Å². The summed E-state index contributed by atoms with van der Waals surface area (Å²) in [5.41, 5.74) is 3.05. The molecule has 10 nitrogen and oxygen atoms in total. The van der Waals surface area contributed by atoms with Gasteiger partial charge in [0.25, 0.3) is 0 Å². The average Bonchev–Trinajstić information content (AvgIpc) is 3.20. The third kappa shape index (κ3) is 5.77. The van der Waals surface area contributed by atoms with Crippen LogP contribution in [0.15, 0.2) is 36.5 Å². The molecule has 1 amide bonds. The molecule has 0 radical (unpaired) electrons. The van der Waals surface area contributed by atoms with Gasteiger partial charge in [0.05, 0.1) is 31.8 Å². The zero-order chi connectivity index (χ0) is 25.5. The van der Waals surface area contributed by atoms with E-state index in [9.17, 15) is 9.59 Å². The van der Waals surface area contributed by atoms with Crippen molar-refractivity contribution in [2.75, 3.05) is 51.8 Å². The number of nitrogens with zero attached hydrogens (tertiary/aromatic N) is 2. The fourth-order valence-electron chi connectivity index (χ4n) is 4.37. The zero-order valence-electron chi connectivity index (χ0n) is 20.8. The molecule has 1 fully saturated rings. The number of esters is 1. The number of carbonyl (C=O) groups excluding carboxylic acids is 2. The van der Waals surface area contributed by atoms with Gasteiger partial charge >= 0.3 is 5.97 Å². The number of methoxy groups -OCH3 is 3. The van der Waals surface area contributed by atoms with Crippen molar-refractivity contribution in [2.24, 2.45) is 0 Å². The van der Waals surface area contributed by atoms with Crippen LogP contribution < -0.4 is 15.4 Å². The molecule has 0 spiro atoms. The summed E-state index contributed by atoms with van der Waals surface area (Å²) < 4.78 is 22.6. The lowest BCUT2D eigenvalue weighted by atomic mass is 10.1. The van der Waals surface area contributed by atoms with Gasteiger partial charge in [-0.05, 0) is 43.0 Å². The van der Waals surface area contributed by atoms with Crippen LogP contribution in [0.25, 0.3) is 11.0 Å². The van der Waals surface area contributed by atoms with Crippen LogP contribution >= 0.6 is 0 Å². The summed E-state index contributed by atoms with van der Waals surface area (Å²) in [5, 5.41) is 6.99. The van der Waals surface area contributed by atoms with Gasteiger partial charge in [-0.2, -0.15) is 0 Å². The third-order valence-electron chi connectivity index (χ3n) is 6.19. The van der Waals surface area contributed by atoms with Crippen molar-refractivity contribution in [3.8, 4) is 5.75 Å². The molecule has 36 heavy (non-hydrogen) atoms. The van der Waals surface area contributed by atoms with Gasteiger partial charge in [-0.25, -0.2) is 9.78 Å². The fourth-order valence-corrected chi connectivity index (χ4v) is 4.37. The van der Waals surface area contributed by atoms with Crippen LogP contribution in [-0.4, -0.2) is 68.6 Å². The molecule has 0 unspecified atom stereocenters. The lowest BCUT2D eigenvalue weighted by molar-refractivity contribution is -0.119. The Hall–Kier alpha value is -3.63. The van der Waals surface area contributed by atoms with Crippen molar-refractivity contribution in [2.45, 2.75) is 31.8 Å². The molecular formula is C26H32N4O6. The van der Waals surface area contributed by atoms with Gasteiger partial charge in [0, 0.05) is 38.3 Å². The van der Waals surface area contributed by atoms with E-state index in [-0.39, 0.29) is 24.2 Å². The first kappa shape index (κ1) is 25.5. The van der Waals surface area contributed by atoms with Gasteiger partial charge < -0.3 is 34.1 Å². The molecule has 2 N–H and O–H groups in total. The zero-order valence-corrected chi connectivity index (χ0v) is 20.8. The van der Waals surface area contributed by atoms with Crippen LogP contribution in [0.4, 0.5) is 11.4 Å². The van der Waals surface area contributed by atoms with Gasteiger partial charge in [0.15, 0.2) is 5.69 Å². The first-order chi connectivity index (χ1) is 17.5. The lowest BCUT2D eigenvalue weighted by Crippen LogP contribution is -2.27. The number of hydrogen-bond donors (Lipinski definition) is 2. The van der Waals surface area contributed by atoms with Gasteiger partial charge in [-0.1, -0.05) is 12.1 Å². The minimum absolute atomic E-state index is 0.146. The minimum Gasteiger partial charge on any atom is -0.497 e. The molecule has 3 heterocycles. The fraction of sp³-hybridized carbons (Fsp3) is 0.423. The van der Waals surface area contributed by atoms with Crippen LogP contribution in [0, 0.1) is 0 Å². The summed E-state index contributed by atoms with van der Waals surface area (Å²) in [7, 11) is 4.39. The molecule has 1 aliphatic rings. The van der Waals surface area contributed by atoms with Crippen molar-refractivity contribution in [1.29, 1.82) is 0 Å². The largest absolute Gasteiger partial charge is 0.497 e. The van der Waals surface area contributed by atoms with Crippen LogP contribution in [0.5, 0.6) is 5.75 Å². The average molecular weight is 497 g/mol. The number of aryl methyl sites for hydroxylation is 2. The quantitative estimate of drug-likeness (QED) is 0.412. The number of rotatable bonds is 10. The second kappa shape index (κ2) is 11.9. The standard InChI is InChI=1S/C26H32N4O6/c1-33-16-22(31)29-23-21-14-19(28-18-9-12-36-13-10-18)15-27-25(21)30(24(23)26(32)35-3)11-8-17-4-6-20(34-2)7-5-17/h4-7,14-15,18,28H,8-13,16H2,1-3H3,(H,29,31). The van der Waals surface area contributed by atoms with Crippen LogP contribution in [0.2, 0.25) is 0 Å². The molecule has 4 rings (SSSR count). The summed E-state index contributed by atoms with van der Waals surface area (Å²) in [6.45, 7) is 1.72. The maximum atomic E-state index is 13.0. The number of anilines is 2. The van der Waals surface area contributed by atoms with E-state index in [0.717, 1.165) is 29.8 Å². The smallest absolute Gasteiger partial charge is 0.356 e. The number of pyridine rings is 1. The van der Waals surface area contributed by atoms with E-state index in [4.69, 9.17) is 23.9 Å². The summed E-state index contributed by atoms with van der Waals surface area (Å²) >= 11 is 0. The Labute approximate surface area is 209 Å². The Balaban J connectivity index is 1.74. The van der Waals surface area contributed by atoms with Crippen LogP contribution in [0.3, 0.4) is 0 Å². The van der Waals surface area contributed by atoms with E-state index in [1.165, 1.54) is 14.2 Å². The molecular weight excluding hydrogens is 464 g/mol. The van der Waals surface area contributed by atoms with E-state index < -0.39 is 5.97 Å². The molecule has 3 aromatic rings. The maximum Gasteiger partial charge on any atom is 0.356 e. The molecule has 2 aromatic heterocycles. The highest BCUT2D eigenvalue weighted by Crippen LogP contribution is 2.33. The Kier molecular flexibility index (Phi) is 8.40. The molecule has 1 saturated heterocycles. The van der Waals surface area contributed by atoms with Gasteiger partial charge in [0.2, 0.25) is 5.91 Å². The molecule has 1 aromatic carbocycles. The highest BCUT2D eigenvalue weighted by molar-refractivity contribution is 6.11. The van der Waals surface area contributed by atoms with E-state index >= 15 is 0 Å². The predicted molar refractivity (Wildman–Crippen MR) is 136 cm³/mol. The monoisotopic (exact) mass is 496 g/mol. The number of aromatic nitrogens is 2. The number of hydrogen-bond acceptors (Lipinski definition) is 8. The van der Waals surface area contributed by atoms with Crippen LogP contribution in [-0.2, 0) is 32.0 Å². The number of nitrogens with one attached hydrogen (secondary N) is 2. The number of benzene rings is 1.